The van der Waals surface area contributed by atoms with Gasteiger partial charge in [-0.3, -0.25) is 4.79 Å². The number of hydrogen-bond donors (Lipinski definition) is 1. The molecule has 0 saturated heterocycles. The lowest BCUT2D eigenvalue weighted by Gasteiger charge is -2.30. The first-order chi connectivity index (χ1) is 8.20. The maximum atomic E-state index is 11.0. The molecule has 0 amide bonds. The molecule has 1 heterocycles. The van der Waals surface area contributed by atoms with E-state index >= 15 is 0 Å². The number of aldehydes is 1. The lowest BCUT2D eigenvalue weighted by Crippen LogP contribution is -2.37. The van der Waals surface area contributed by atoms with Crippen molar-refractivity contribution in [1.82, 2.24) is 5.32 Å². The molecule has 0 bridgehead atoms. The number of allylic oxidation sites excluding steroid dienone is 2. The van der Waals surface area contributed by atoms with Crippen molar-refractivity contribution in [3.63, 3.8) is 0 Å². The summed E-state index contributed by atoms with van der Waals surface area (Å²) in [6.45, 7) is 0. The molecule has 1 aliphatic heterocycles. The van der Waals surface area contributed by atoms with E-state index in [0.717, 1.165) is 11.8 Å². The first kappa shape index (κ1) is 11.7. The van der Waals surface area contributed by atoms with Gasteiger partial charge < -0.3 is 10.1 Å². The quantitative estimate of drug-likeness (QED) is 0.508. The molecule has 88 valence electrons. The van der Waals surface area contributed by atoms with Gasteiger partial charge in [-0.15, -0.1) is 0 Å². The molecule has 17 heavy (non-hydrogen) atoms. The van der Waals surface area contributed by atoms with Crippen LogP contribution >= 0.6 is 11.6 Å². The van der Waals surface area contributed by atoms with Crippen LogP contribution in [-0.4, -0.2) is 13.4 Å². The fourth-order valence-corrected chi connectivity index (χ4v) is 2.01. The predicted molar refractivity (Wildman–Crippen MR) is 66.9 cm³/mol. The number of benzene rings is 1. The van der Waals surface area contributed by atoms with Crippen molar-refractivity contribution in [2.75, 3.05) is 7.11 Å². The van der Waals surface area contributed by atoms with Crippen LogP contribution in [0, 0.1) is 0 Å². The monoisotopic (exact) mass is 249 g/mol. The Hall–Kier alpha value is -1.74. The molecule has 1 unspecified atom stereocenters. The molecule has 1 N–H and O–H groups in total. The highest BCUT2D eigenvalue weighted by atomic mass is 35.5. The van der Waals surface area contributed by atoms with Crippen LogP contribution in [0.15, 0.2) is 48.2 Å². The minimum absolute atomic E-state index is 0.468. The van der Waals surface area contributed by atoms with Gasteiger partial charge in [0.1, 0.15) is 12.0 Å². The zero-order valence-electron chi connectivity index (χ0n) is 9.31. The SMILES string of the molecule is COc1cccc(C2(Cl)NC=CC=C2C=O)c1. The highest BCUT2D eigenvalue weighted by Crippen LogP contribution is 2.36. The lowest BCUT2D eigenvalue weighted by atomic mass is 9.96. The predicted octanol–water partition coefficient (Wildman–Crippen LogP) is 2.33. The molecule has 1 aromatic rings. The molecular weight excluding hydrogens is 238 g/mol. The van der Waals surface area contributed by atoms with Crippen LogP contribution in [0.1, 0.15) is 5.56 Å². The number of dihydropyridines is 1. The average molecular weight is 250 g/mol. The molecule has 0 aliphatic carbocycles. The van der Waals surface area contributed by atoms with Crippen LogP contribution in [0.5, 0.6) is 5.75 Å². The van der Waals surface area contributed by atoms with Crippen LogP contribution in [0.4, 0.5) is 0 Å². The molecule has 0 radical (unpaired) electrons. The van der Waals surface area contributed by atoms with Crippen molar-refractivity contribution in [3.8, 4) is 5.75 Å². The molecule has 0 saturated carbocycles. The molecule has 0 spiro atoms. The maximum absolute atomic E-state index is 11.0. The number of alkyl halides is 1. The van der Waals surface area contributed by atoms with E-state index in [0.29, 0.717) is 11.3 Å². The summed E-state index contributed by atoms with van der Waals surface area (Å²) in [5.41, 5.74) is 1.23. The van der Waals surface area contributed by atoms with Gasteiger partial charge in [-0.05, 0) is 24.4 Å². The van der Waals surface area contributed by atoms with Crippen LogP contribution < -0.4 is 10.1 Å². The summed E-state index contributed by atoms with van der Waals surface area (Å²) < 4.78 is 5.15. The number of carbonyl (C=O) groups is 1. The number of rotatable bonds is 3. The molecule has 1 atom stereocenters. The smallest absolute Gasteiger partial charge is 0.167 e. The second-order valence-electron chi connectivity index (χ2n) is 3.63. The van der Waals surface area contributed by atoms with Crippen LogP contribution in [0.2, 0.25) is 0 Å². The maximum Gasteiger partial charge on any atom is 0.167 e. The van der Waals surface area contributed by atoms with Crippen molar-refractivity contribution in [2.24, 2.45) is 0 Å². The van der Waals surface area contributed by atoms with Crippen molar-refractivity contribution >= 4 is 17.9 Å². The summed E-state index contributed by atoms with van der Waals surface area (Å²) in [6, 6.07) is 7.31. The Labute approximate surface area is 105 Å². The topological polar surface area (TPSA) is 38.3 Å². The molecule has 0 fully saturated rings. The van der Waals surface area contributed by atoms with Gasteiger partial charge >= 0.3 is 0 Å². The van der Waals surface area contributed by atoms with Crippen LogP contribution in [-0.2, 0) is 9.79 Å². The Morgan fingerprint density at radius 1 is 1.47 bits per heavy atom. The van der Waals surface area contributed by atoms with E-state index in [9.17, 15) is 4.79 Å². The highest BCUT2D eigenvalue weighted by Gasteiger charge is 2.34. The normalized spacial score (nSPS) is 22.6. The molecular formula is C13H12ClNO2. The fraction of sp³-hybridized carbons (Fsp3) is 0.154. The zero-order valence-corrected chi connectivity index (χ0v) is 10.1. The third kappa shape index (κ3) is 2.06. The summed E-state index contributed by atoms with van der Waals surface area (Å²) in [6.07, 6.45) is 5.89. The highest BCUT2D eigenvalue weighted by molar-refractivity contribution is 6.27. The van der Waals surface area contributed by atoms with Crippen molar-refractivity contribution in [1.29, 1.82) is 0 Å². The van der Waals surface area contributed by atoms with Crippen molar-refractivity contribution in [2.45, 2.75) is 5.00 Å². The van der Waals surface area contributed by atoms with Crippen LogP contribution in [0.25, 0.3) is 0 Å². The molecule has 3 nitrogen and oxygen atoms in total. The van der Waals surface area contributed by atoms with Gasteiger partial charge in [0.05, 0.1) is 7.11 Å². The molecule has 1 aliphatic rings. The van der Waals surface area contributed by atoms with E-state index in [2.05, 4.69) is 5.32 Å². The Balaban J connectivity index is 2.47. The van der Waals surface area contributed by atoms with Gasteiger partial charge in [0.15, 0.2) is 5.00 Å². The second-order valence-corrected chi connectivity index (χ2v) is 4.20. The standard InChI is InChI=1S/C13H12ClNO2/c1-17-12-6-2-4-10(8-12)13(14)11(9-16)5-3-7-15-13/h2-9,15H,1H3. The number of carbonyl (C=O) groups excluding carboxylic acids is 1. The van der Waals surface area contributed by atoms with E-state index in [4.69, 9.17) is 16.3 Å². The Bertz CT molecular complexity index is 496. The second kappa shape index (κ2) is 4.63. The van der Waals surface area contributed by atoms with Gasteiger partial charge in [-0.1, -0.05) is 29.8 Å². The van der Waals surface area contributed by atoms with Gasteiger partial charge in [0.2, 0.25) is 0 Å². The van der Waals surface area contributed by atoms with Crippen molar-refractivity contribution in [3.05, 3.63) is 53.8 Å². The summed E-state index contributed by atoms with van der Waals surface area (Å²) in [4.78, 5) is 10.0. The first-order valence-electron chi connectivity index (χ1n) is 5.14. The van der Waals surface area contributed by atoms with Gasteiger partial charge in [-0.25, -0.2) is 0 Å². The van der Waals surface area contributed by atoms with Gasteiger partial charge in [-0.2, -0.15) is 0 Å². The summed E-state index contributed by atoms with van der Waals surface area (Å²) in [5, 5.41) is 2.99. The van der Waals surface area contributed by atoms with Crippen LogP contribution in [0.3, 0.4) is 0 Å². The van der Waals surface area contributed by atoms with Gasteiger partial charge in [0.25, 0.3) is 0 Å². The minimum Gasteiger partial charge on any atom is -0.497 e. The van der Waals surface area contributed by atoms with E-state index in [-0.39, 0.29) is 0 Å². The summed E-state index contributed by atoms with van der Waals surface area (Å²) >= 11 is 6.48. The summed E-state index contributed by atoms with van der Waals surface area (Å²) in [5.74, 6) is 0.698. The van der Waals surface area contributed by atoms with Gasteiger partial charge in [0, 0.05) is 11.1 Å². The number of hydrogen-bond acceptors (Lipinski definition) is 3. The number of ether oxygens (including phenoxy) is 1. The van der Waals surface area contributed by atoms with Crippen molar-refractivity contribution < 1.29 is 9.53 Å². The lowest BCUT2D eigenvalue weighted by molar-refractivity contribution is -0.105. The zero-order chi connectivity index (χ0) is 12.3. The molecule has 2 rings (SSSR count). The average Bonchev–Trinajstić information content (AvgIpc) is 2.39. The van der Waals surface area contributed by atoms with E-state index < -0.39 is 5.00 Å². The third-order valence-electron chi connectivity index (χ3n) is 2.65. The van der Waals surface area contributed by atoms with E-state index in [1.54, 1.807) is 31.5 Å². The Morgan fingerprint density at radius 3 is 3.00 bits per heavy atom. The van der Waals surface area contributed by atoms with E-state index in [1.807, 2.05) is 18.2 Å². The molecule has 1 aromatic carbocycles. The Kier molecular flexibility index (Phi) is 3.20. The van der Waals surface area contributed by atoms with E-state index in [1.165, 1.54) is 0 Å². The Morgan fingerprint density at radius 2 is 2.29 bits per heavy atom. The first-order valence-corrected chi connectivity index (χ1v) is 5.52. The molecule has 4 heteroatoms. The third-order valence-corrected chi connectivity index (χ3v) is 3.19. The number of halogens is 1. The minimum atomic E-state index is -1.02. The summed E-state index contributed by atoms with van der Waals surface area (Å²) in [7, 11) is 1.59. The molecule has 0 aromatic heterocycles. The fourth-order valence-electron chi connectivity index (χ4n) is 1.72. The number of methoxy groups -OCH3 is 1. The number of nitrogens with one attached hydrogen (secondary N) is 1. The largest absolute Gasteiger partial charge is 0.497 e.